The molecule has 0 aromatic rings. The van der Waals surface area contributed by atoms with Crippen LogP contribution in [-0.4, -0.2) is 29.5 Å². The Morgan fingerprint density at radius 3 is 2.67 bits per heavy atom. The lowest BCUT2D eigenvalue weighted by molar-refractivity contribution is -0.486. The van der Waals surface area contributed by atoms with Crippen molar-refractivity contribution >= 4 is 18.5 Å². The van der Waals surface area contributed by atoms with E-state index in [4.69, 9.17) is 0 Å². The summed E-state index contributed by atoms with van der Waals surface area (Å²) in [6.45, 7) is 4.92. The summed E-state index contributed by atoms with van der Waals surface area (Å²) in [5.74, 6) is 2.39. The van der Waals surface area contributed by atoms with Crippen LogP contribution in [0.4, 0.5) is 0 Å². The van der Waals surface area contributed by atoms with Crippen LogP contribution in [0.2, 0.25) is 0 Å². The van der Waals surface area contributed by atoms with Gasteiger partial charge < -0.3 is 0 Å². The van der Waals surface area contributed by atoms with Gasteiger partial charge in [0.2, 0.25) is 0 Å². The minimum atomic E-state index is 1.12. The number of hydrogen-bond acceptors (Lipinski definition) is 1. The summed E-state index contributed by atoms with van der Waals surface area (Å²) in [6, 6.07) is 0. The van der Waals surface area contributed by atoms with Gasteiger partial charge in [0, 0.05) is 0 Å². The van der Waals surface area contributed by atoms with Crippen molar-refractivity contribution in [3.63, 3.8) is 0 Å². The summed E-state index contributed by atoms with van der Waals surface area (Å²) in [6.07, 6.45) is 0. The van der Waals surface area contributed by atoms with Crippen LogP contribution in [0.25, 0.3) is 0 Å². The summed E-state index contributed by atoms with van der Waals surface area (Å²) in [7, 11) is 0. The Hall–Kier alpha value is 0.0200. The molecule has 0 aromatic carbocycles. The second-order valence-corrected chi connectivity index (χ2v) is 2.51. The highest BCUT2D eigenvalue weighted by Gasteiger charge is 2.07. The molecule has 2 heteroatoms. The first kappa shape index (κ1) is 4.19. The molecule has 0 unspecified atom stereocenters. The monoisotopic (exact) mass is 102 g/mol. The molecule has 0 bridgehead atoms. The number of thioether (sulfide) groups is 1. The molecule has 34 valence electrons. The first-order valence-corrected chi connectivity index (χ1v) is 3.18. The van der Waals surface area contributed by atoms with E-state index in [9.17, 15) is 0 Å². The third-order valence-corrected chi connectivity index (χ3v) is 1.84. The molecule has 0 atom stereocenters. The Morgan fingerprint density at radius 1 is 1.67 bits per heavy atom. The van der Waals surface area contributed by atoms with Crippen LogP contribution >= 0.6 is 11.8 Å². The zero-order chi connectivity index (χ0) is 4.41. The molecule has 0 N–H and O–H groups in total. The van der Waals surface area contributed by atoms with E-state index in [-0.39, 0.29) is 0 Å². The highest BCUT2D eigenvalue weighted by molar-refractivity contribution is 7.99. The molecular formula is C4H8NS+. The standard InChI is InChI=1S/C4H8NS/c1-5-2-3-6-4-5/h1-4H2/q+1. The lowest BCUT2D eigenvalue weighted by Gasteiger charge is -1.77. The fourth-order valence-electron chi connectivity index (χ4n) is 0.452. The maximum atomic E-state index is 3.75. The Morgan fingerprint density at radius 2 is 2.50 bits per heavy atom. The number of rotatable bonds is 0. The summed E-state index contributed by atoms with van der Waals surface area (Å²) in [4.78, 5) is 0. The predicted octanol–water partition coefficient (Wildman–Crippen LogP) is 0.404. The average Bonchev–Trinajstić information content (AvgIpc) is 1.86. The van der Waals surface area contributed by atoms with Crippen LogP contribution in [0, 0.1) is 0 Å². The van der Waals surface area contributed by atoms with E-state index >= 15 is 0 Å². The van der Waals surface area contributed by atoms with Crippen LogP contribution in [0.15, 0.2) is 0 Å². The van der Waals surface area contributed by atoms with Gasteiger partial charge in [-0.2, -0.15) is 0 Å². The third kappa shape index (κ3) is 0.744. The smallest absolute Gasteiger partial charge is 0.188 e. The Labute approximate surface area is 42.1 Å². The van der Waals surface area contributed by atoms with Gasteiger partial charge >= 0.3 is 0 Å². The lowest BCUT2D eigenvalue weighted by atomic mass is 10.7. The van der Waals surface area contributed by atoms with Gasteiger partial charge in [-0.25, -0.2) is 4.58 Å². The maximum Gasteiger partial charge on any atom is 0.188 e. The molecule has 1 rings (SSSR count). The van der Waals surface area contributed by atoms with Gasteiger partial charge in [-0.1, -0.05) is 11.8 Å². The van der Waals surface area contributed by atoms with Gasteiger partial charge in [0.25, 0.3) is 0 Å². The van der Waals surface area contributed by atoms with Gasteiger partial charge in [-0.3, -0.25) is 0 Å². The zero-order valence-electron chi connectivity index (χ0n) is 3.68. The summed E-state index contributed by atoms with van der Waals surface area (Å²) < 4.78 is 2.07. The second kappa shape index (κ2) is 1.65. The minimum absolute atomic E-state index is 1.12. The SMILES string of the molecule is C=[N+]1CCSC1. The van der Waals surface area contributed by atoms with Gasteiger partial charge in [-0.15, -0.1) is 0 Å². The maximum absolute atomic E-state index is 3.75. The third-order valence-electron chi connectivity index (χ3n) is 0.826. The summed E-state index contributed by atoms with van der Waals surface area (Å²) in [5.41, 5.74) is 0. The first-order valence-electron chi connectivity index (χ1n) is 2.03. The van der Waals surface area contributed by atoms with E-state index in [2.05, 4.69) is 11.3 Å². The van der Waals surface area contributed by atoms with E-state index in [0.717, 1.165) is 5.88 Å². The minimum Gasteiger partial charge on any atom is -0.232 e. The van der Waals surface area contributed by atoms with Gasteiger partial charge in [0.05, 0.1) is 5.75 Å². The second-order valence-electron chi connectivity index (χ2n) is 1.43. The zero-order valence-corrected chi connectivity index (χ0v) is 4.50. The molecule has 0 amide bonds. The largest absolute Gasteiger partial charge is 0.232 e. The first-order chi connectivity index (χ1) is 2.89. The molecule has 0 aliphatic carbocycles. The predicted molar refractivity (Wildman–Crippen MR) is 29.6 cm³/mol. The van der Waals surface area contributed by atoms with Crippen LogP contribution in [0.5, 0.6) is 0 Å². The summed E-state index contributed by atoms with van der Waals surface area (Å²) >= 11 is 1.95. The van der Waals surface area contributed by atoms with Gasteiger partial charge in [-0.05, 0) is 0 Å². The molecule has 1 nitrogen and oxygen atoms in total. The van der Waals surface area contributed by atoms with Crippen molar-refractivity contribution in [1.29, 1.82) is 0 Å². The highest BCUT2D eigenvalue weighted by Crippen LogP contribution is 2.05. The van der Waals surface area contributed by atoms with Crippen LogP contribution < -0.4 is 0 Å². The Kier molecular flexibility index (Phi) is 1.15. The molecule has 0 saturated carbocycles. The lowest BCUT2D eigenvalue weighted by Crippen LogP contribution is -2.00. The molecule has 1 aliphatic rings. The van der Waals surface area contributed by atoms with Crippen molar-refractivity contribution in [1.82, 2.24) is 0 Å². The van der Waals surface area contributed by atoms with Crippen molar-refractivity contribution in [2.45, 2.75) is 0 Å². The molecule has 1 fully saturated rings. The van der Waals surface area contributed by atoms with E-state index in [1.807, 2.05) is 11.8 Å². The fourth-order valence-corrected chi connectivity index (χ4v) is 1.36. The average molecular weight is 102 g/mol. The topological polar surface area (TPSA) is 3.01 Å². The molecule has 0 aromatic heterocycles. The molecule has 0 radical (unpaired) electrons. The summed E-state index contributed by atoms with van der Waals surface area (Å²) in [5, 5.41) is 0. The molecule has 1 aliphatic heterocycles. The van der Waals surface area contributed by atoms with Crippen molar-refractivity contribution in [2.24, 2.45) is 0 Å². The molecule has 1 saturated heterocycles. The number of hydrogen-bond donors (Lipinski definition) is 0. The van der Waals surface area contributed by atoms with Crippen LogP contribution in [-0.2, 0) is 0 Å². The van der Waals surface area contributed by atoms with E-state index in [0.29, 0.717) is 0 Å². The van der Waals surface area contributed by atoms with Crippen molar-refractivity contribution in [3.8, 4) is 0 Å². The molecule has 6 heavy (non-hydrogen) atoms. The normalized spacial score (nSPS) is 22.3. The van der Waals surface area contributed by atoms with Crippen molar-refractivity contribution in [3.05, 3.63) is 0 Å². The van der Waals surface area contributed by atoms with Crippen LogP contribution in [0.3, 0.4) is 0 Å². The van der Waals surface area contributed by atoms with Gasteiger partial charge in [0.1, 0.15) is 6.72 Å². The molecule has 1 heterocycles. The van der Waals surface area contributed by atoms with Crippen molar-refractivity contribution in [2.75, 3.05) is 18.2 Å². The number of nitrogens with zero attached hydrogens (tertiary/aromatic N) is 1. The molecule has 0 spiro atoms. The van der Waals surface area contributed by atoms with E-state index in [1.165, 1.54) is 12.3 Å². The molecular weight excluding hydrogens is 94.1 g/mol. The Balaban J connectivity index is 2.37. The van der Waals surface area contributed by atoms with Crippen LogP contribution in [0.1, 0.15) is 0 Å². The van der Waals surface area contributed by atoms with E-state index < -0.39 is 0 Å². The fraction of sp³-hybridized carbons (Fsp3) is 0.750. The van der Waals surface area contributed by atoms with Gasteiger partial charge in [0.15, 0.2) is 12.4 Å². The quantitative estimate of drug-likeness (QED) is 0.400. The van der Waals surface area contributed by atoms with E-state index in [1.54, 1.807) is 0 Å². The Bertz CT molecular complexity index is 61.9. The highest BCUT2D eigenvalue weighted by atomic mass is 32.2. The van der Waals surface area contributed by atoms with Crippen molar-refractivity contribution < 1.29 is 4.58 Å².